The van der Waals surface area contributed by atoms with Crippen molar-refractivity contribution in [1.82, 2.24) is 5.32 Å². The molecule has 86 valence electrons. The number of ether oxygens (including phenoxy) is 1. The van der Waals surface area contributed by atoms with E-state index in [2.05, 4.69) is 5.32 Å². The van der Waals surface area contributed by atoms with Crippen molar-refractivity contribution in [1.29, 1.82) is 0 Å². The van der Waals surface area contributed by atoms with Gasteiger partial charge in [-0.1, -0.05) is 0 Å². The Morgan fingerprint density at radius 1 is 1.50 bits per heavy atom. The number of phenols is 1. The monoisotopic (exact) mass is 221 g/mol. The van der Waals surface area contributed by atoms with E-state index in [0.717, 1.165) is 12.8 Å². The van der Waals surface area contributed by atoms with Crippen LogP contribution in [0.2, 0.25) is 0 Å². The highest BCUT2D eigenvalue weighted by Gasteiger charge is 2.21. The molecule has 4 heteroatoms. The van der Waals surface area contributed by atoms with Crippen molar-refractivity contribution < 1.29 is 14.6 Å². The first kappa shape index (κ1) is 10.8. The summed E-state index contributed by atoms with van der Waals surface area (Å²) in [5.41, 5.74) is 0.299. The van der Waals surface area contributed by atoms with Crippen molar-refractivity contribution >= 4 is 5.91 Å². The Balaban J connectivity index is 2.09. The fourth-order valence-corrected chi connectivity index (χ4v) is 1.65. The van der Waals surface area contributed by atoms with Gasteiger partial charge in [0.15, 0.2) is 0 Å². The zero-order chi connectivity index (χ0) is 11.5. The molecule has 0 spiro atoms. The Bertz CT molecular complexity index is 399. The minimum Gasteiger partial charge on any atom is -0.507 e. The van der Waals surface area contributed by atoms with E-state index < -0.39 is 0 Å². The van der Waals surface area contributed by atoms with E-state index in [1.807, 2.05) is 0 Å². The molecule has 0 unspecified atom stereocenters. The van der Waals surface area contributed by atoms with Crippen molar-refractivity contribution in [3.8, 4) is 11.5 Å². The van der Waals surface area contributed by atoms with Crippen LogP contribution in [0, 0.1) is 0 Å². The summed E-state index contributed by atoms with van der Waals surface area (Å²) >= 11 is 0. The summed E-state index contributed by atoms with van der Waals surface area (Å²) in [5, 5.41) is 12.5. The van der Waals surface area contributed by atoms with Crippen LogP contribution in [0.1, 0.15) is 29.6 Å². The molecule has 1 amide bonds. The number of benzene rings is 1. The topological polar surface area (TPSA) is 58.6 Å². The van der Waals surface area contributed by atoms with Crippen LogP contribution in [0.25, 0.3) is 0 Å². The third-order valence-corrected chi connectivity index (χ3v) is 2.89. The highest BCUT2D eigenvalue weighted by molar-refractivity contribution is 5.97. The maximum absolute atomic E-state index is 11.8. The van der Waals surface area contributed by atoms with Crippen molar-refractivity contribution in [2.24, 2.45) is 0 Å². The lowest BCUT2D eigenvalue weighted by molar-refractivity contribution is 0.0914. The van der Waals surface area contributed by atoms with Gasteiger partial charge in [-0.05, 0) is 31.4 Å². The quantitative estimate of drug-likeness (QED) is 0.816. The number of nitrogens with one attached hydrogen (secondary N) is 1. The van der Waals surface area contributed by atoms with Crippen molar-refractivity contribution in [3.05, 3.63) is 23.8 Å². The van der Waals surface area contributed by atoms with Gasteiger partial charge in [0, 0.05) is 12.1 Å². The Hall–Kier alpha value is -1.71. The van der Waals surface area contributed by atoms with Gasteiger partial charge in [0.2, 0.25) is 0 Å². The molecular formula is C12H15NO3. The smallest absolute Gasteiger partial charge is 0.255 e. The van der Waals surface area contributed by atoms with Gasteiger partial charge in [-0.15, -0.1) is 0 Å². The Kier molecular flexibility index (Phi) is 2.99. The fourth-order valence-electron chi connectivity index (χ4n) is 1.65. The molecule has 4 nitrogen and oxygen atoms in total. The first-order valence-corrected chi connectivity index (χ1v) is 5.38. The first-order valence-electron chi connectivity index (χ1n) is 5.38. The Morgan fingerprint density at radius 2 is 2.25 bits per heavy atom. The number of aromatic hydroxyl groups is 1. The predicted octanol–water partition coefficient (Wildman–Crippen LogP) is 1.68. The van der Waals surface area contributed by atoms with Crippen LogP contribution >= 0.6 is 0 Å². The van der Waals surface area contributed by atoms with Crippen molar-refractivity contribution in [2.75, 3.05) is 7.11 Å². The van der Waals surface area contributed by atoms with Crippen molar-refractivity contribution in [2.45, 2.75) is 25.3 Å². The summed E-state index contributed by atoms with van der Waals surface area (Å²) in [7, 11) is 1.52. The van der Waals surface area contributed by atoms with Gasteiger partial charge in [0.25, 0.3) is 5.91 Å². The zero-order valence-corrected chi connectivity index (χ0v) is 9.19. The zero-order valence-electron chi connectivity index (χ0n) is 9.19. The molecule has 0 heterocycles. The molecule has 1 aromatic rings. The van der Waals surface area contributed by atoms with E-state index >= 15 is 0 Å². The van der Waals surface area contributed by atoms with Crippen LogP contribution < -0.4 is 10.1 Å². The molecular weight excluding hydrogens is 206 g/mol. The maximum atomic E-state index is 11.8. The number of carbonyl (C=O) groups excluding carboxylic acids is 1. The molecule has 0 bridgehead atoms. The third-order valence-electron chi connectivity index (χ3n) is 2.89. The molecule has 2 rings (SSSR count). The lowest BCUT2D eigenvalue weighted by Gasteiger charge is -2.26. The van der Waals surface area contributed by atoms with Gasteiger partial charge < -0.3 is 15.2 Å². The number of methoxy groups -OCH3 is 1. The molecule has 0 aliphatic heterocycles. The highest BCUT2D eigenvalue weighted by Crippen LogP contribution is 2.24. The molecule has 16 heavy (non-hydrogen) atoms. The molecule has 0 saturated heterocycles. The van der Waals surface area contributed by atoms with Gasteiger partial charge in [-0.25, -0.2) is 0 Å². The van der Waals surface area contributed by atoms with E-state index in [0.29, 0.717) is 11.3 Å². The second kappa shape index (κ2) is 4.43. The van der Waals surface area contributed by atoms with Crippen LogP contribution in [-0.2, 0) is 0 Å². The number of phenolic OH excluding ortho intramolecular Hbond substituents is 1. The lowest BCUT2D eigenvalue weighted by atomic mass is 9.93. The van der Waals surface area contributed by atoms with Gasteiger partial charge in [-0.3, -0.25) is 4.79 Å². The summed E-state index contributed by atoms with van der Waals surface area (Å²) in [6.45, 7) is 0. The van der Waals surface area contributed by atoms with E-state index in [1.165, 1.54) is 19.6 Å². The Labute approximate surface area is 94.2 Å². The number of carbonyl (C=O) groups is 1. The molecule has 1 aliphatic carbocycles. The van der Waals surface area contributed by atoms with E-state index in [4.69, 9.17) is 4.74 Å². The second-order valence-corrected chi connectivity index (χ2v) is 3.98. The molecule has 0 radical (unpaired) electrons. The van der Waals surface area contributed by atoms with Gasteiger partial charge >= 0.3 is 0 Å². The molecule has 1 aromatic carbocycles. The average molecular weight is 221 g/mol. The minimum atomic E-state index is -0.218. The number of hydrogen-bond donors (Lipinski definition) is 2. The summed E-state index contributed by atoms with van der Waals surface area (Å²) in [5.74, 6) is 0.277. The molecule has 0 atom stereocenters. The first-order chi connectivity index (χ1) is 7.70. The van der Waals surface area contributed by atoms with Crippen LogP contribution in [0.3, 0.4) is 0 Å². The second-order valence-electron chi connectivity index (χ2n) is 3.98. The van der Waals surface area contributed by atoms with Gasteiger partial charge in [0.1, 0.15) is 11.5 Å². The number of amides is 1. The molecule has 1 aliphatic rings. The predicted molar refractivity (Wildman–Crippen MR) is 59.8 cm³/mol. The standard InChI is InChI=1S/C12H15NO3/c1-16-9-5-6-10(11(14)7-9)12(15)13-8-3-2-4-8/h5-8,14H,2-4H2,1H3,(H,13,15). The number of rotatable bonds is 3. The molecule has 1 saturated carbocycles. The minimum absolute atomic E-state index is 0.0452. The highest BCUT2D eigenvalue weighted by atomic mass is 16.5. The largest absolute Gasteiger partial charge is 0.507 e. The third kappa shape index (κ3) is 2.10. The fraction of sp³-hybridized carbons (Fsp3) is 0.417. The van der Waals surface area contributed by atoms with Gasteiger partial charge in [-0.2, -0.15) is 0 Å². The van der Waals surface area contributed by atoms with Crippen molar-refractivity contribution in [3.63, 3.8) is 0 Å². The lowest BCUT2D eigenvalue weighted by Crippen LogP contribution is -2.39. The normalized spacial score (nSPS) is 15.3. The molecule has 1 fully saturated rings. The maximum Gasteiger partial charge on any atom is 0.255 e. The SMILES string of the molecule is COc1ccc(C(=O)NC2CCC2)c(O)c1. The van der Waals surface area contributed by atoms with Gasteiger partial charge in [0.05, 0.1) is 12.7 Å². The summed E-state index contributed by atoms with van der Waals surface area (Å²) in [6, 6.07) is 4.95. The average Bonchev–Trinajstić information content (AvgIpc) is 2.23. The Morgan fingerprint density at radius 3 is 2.75 bits per heavy atom. The molecule has 2 N–H and O–H groups in total. The summed E-state index contributed by atoms with van der Waals surface area (Å²) in [4.78, 5) is 11.8. The van der Waals surface area contributed by atoms with Crippen LogP contribution in [0.4, 0.5) is 0 Å². The van der Waals surface area contributed by atoms with Crippen LogP contribution in [-0.4, -0.2) is 24.2 Å². The van der Waals surface area contributed by atoms with Crippen LogP contribution in [0.15, 0.2) is 18.2 Å². The van der Waals surface area contributed by atoms with E-state index in [1.54, 1.807) is 12.1 Å². The summed E-state index contributed by atoms with van der Waals surface area (Å²) in [6.07, 6.45) is 3.23. The summed E-state index contributed by atoms with van der Waals surface area (Å²) < 4.78 is 4.95. The van der Waals surface area contributed by atoms with E-state index in [9.17, 15) is 9.90 Å². The number of hydrogen-bond acceptors (Lipinski definition) is 3. The van der Waals surface area contributed by atoms with E-state index in [-0.39, 0.29) is 17.7 Å². The van der Waals surface area contributed by atoms with Crippen LogP contribution in [0.5, 0.6) is 11.5 Å². The molecule has 0 aromatic heterocycles.